The Bertz CT molecular complexity index is 1330. The Morgan fingerprint density at radius 1 is 1.12 bits per heavy atom. The number of carbonyl (C=O) groups excluding carboxylic acids is 1. The lowest BCUT2D eigenvalue weighted by Crippen LogP contribution is -2.72. The molecule has 0 radical (unpaired) electrons. The summed E-state index contributed by atoms with van der Waals surface area (Å²) in [5.41, 5.74) is 8.19. The molecule has 2 aromatic heterocycles. The Morgan fingerprint density at radius 3 is 2.66 bits per heavy atom. The fourth-order valence-corrected chi connectivity index (χ4v) is 6.79. The smallest absolute Gasteiger partial charge is 0.253 e. The number of carbonyl (C=O) groups is 1. The van der Waals surface area contributed by atoms with Crippen LogP contribution in [0.3, 0.4) is 0 Å². The van der Waals surface area contributed by atoms with Crippen LogP contribution in [0.1, 0.15) is 40.0 Å². The summed E-state index contributed by atoms with van der Waals surface area (Å²) in [7, 11) is 4.29. The molecule has 5 nitrogen and oxygen atoms in total. The van der Waals surface area contributed by atoms with Crippen LogP contribution in [0.4, 0.5) is 4.39 Å². The van der Waals surface area contributed by atoms with Gasteiger partial charge in [0.1, 0.15) is 5.82 Å². The third-order valence-corrected chi connectivity index (χ3v) is 8.28. The predicted octanol–water partition coefficient (Wildman–Crippen LogP) is 3.45. The summed E-state index contributed by atoms with van der Waals surface area (Å²) in [4.78, 5) is 20.4. The van der Waals surface area contributed by atoms with Gasteiger partial charge in [0.15, 0.2) is 0 Å². The summed E-state index contributed by atoms with van der Waals surface area (Å²) in [6, 6.07) is 8.67. The van der Waals surface area contributed by atoms with Crippen molar-refractivity contribution in [1.29, 1.82) is 0 Å². The Labute approximate surface area is 186 Å². The standard InChI is InChI=1S/C26H25FN4O/c1-30-13-25(14-30)23-21(24(32)29-26(25)8-9-26)18-7-6-16-12-28-20(11-19(16)22(18)31(23)2)15-4-3-5-17(27)10-15/h3-5,10-12H,6-9,13-14H2,1-2H3,(H,29,32). The van der Waals surface area contributed by atoms with E-state index in [1.807, 2.05) is 12.3 Å². The maximum atomic E-state index is 13.9. The van der Waals surface area contributed by atoms with Gasteiger partial charge in [-0.3, -0.25) is 9.78 Å². The van der Waals surface area contributed by atoms with Crippen molar-refractivity contribution in [3.63, 3.8) is 0 Å². The Morgan fingerprint density at radius 2 is 1.94 bits per heavy atom. The van der Waals surface area contributed by atoms with Crippen LogP contribution in [0.5, 0.6) is 0 Å². The van der Waals surface area contributed by atoms with Crippen molar-refractivity contribution < 1.29 is 9.18 Å². The predicted molar refractivity (Wildman–Crippen MR) is 120 cm³/mol. The number of hydrogen-bond donors (Lipinski definition) is 1. The van der Waals surface area contributed by atoms with Crippen molar-refractivity contribution in [2.24, 2.45) is 7.05 Å². The van der Waals surface area contributed by atoms with Gasteiger partial charge >= 0.3 is 0 Å². The van der Waals surface area contributed by atoms with Crippen molar-refractivity contribution in [2.75, 3.05) is 20.1 Å². The SMILES string of the molecule is CN1CC2(C1)c1c(c3c(n1C)-c1cc(-c4cccc(F)c4)ncc1CC3)C(=O)NC21CC1. The molecule has 0 atom stereocenters. The number of hydrogen-bond acceptors (Lipinski definition) is 3. The summed E-state index contributed by atoms with van der Waals surface area (Å²) in [5.74, 6) is -0.170. The fourth-order valence-electron chi connectivity index (χ4n) is 6.79. The van der Waals surface area contributed by atoms with Crippen LogP contribution in [0, 0.1) is 5.82 Å². The molecule has 6 heteroatoms. The number of nitrogens with zero attached hydrogens (tertiary/aromatic N) is 3. The van der Waals surface area contributed by atoms with E-state index in [2.05, 4.69) is 39.9 Å². The highest BCUT2D eigenvalue weighted by Gasteiger charge is 2.69. The number of pyridine rings is 1. The molecule has 2 aliphatic carbocycles. The van der Waals surface area contributed by atoms with Crippen LogP contribution in [0.25, 0.3) is 22.5 Å². The molecule has 1 saturated heterocycles. The summed E-state index contributed by atoms with van der Waals surface area (Å²) < 4.78 is 16.2. The number of fused-ring (bicyclic) bond motifs is 7. The second-order valence-electron chi connectivity index (χ2n) is 10.1. The number of aromatic nitrogens is 2. The molecular weight excluding hydrogens is 403 g/mol. The lowest BCUT2D eigenvalue weighted by Gasteiger charge is -2.56. The first-order chi connectivity index (χ1) is 15.4. The highest BCUT2D eigenvalue weighted by Crippen LogP contribution is 2.60. The Hall–Kier alpha value is -2.99. The van der Waals surface area contributed by atoms with E-state index in [0.29, 0.717) is 0 Å². The topological polar surface area (TPSA) is 50.2 Å². The summed E-state index contributed by atoms with van der Waals surface area (Å²) >= 11 is 0. The number of likely N-dealkylation sites (N-methyl/N-ethyl adjacent to an activating group) is 1. The van der Waals surface area contributed by atoms with E-state index in [0.717, 1.165) is 72.4 Å². The van der Waals surface area contributed by atoms with E-state index in [-0.39, 0.29) is 22.7 Å². The summed E-state index contributed by atoms with van der Waals surface area (Å²) in [5, 5.41) is 3.43. The number of amides is 1. The third-order valence-electron chi connectivity index (χ3n) is 8.28. The molecule has 32 heavy (non-hydrogen) atoms. The number of likely N-dealkylation sites (tertiary alicyclic amines) is 1. The van der Waals surface area contributed by atoms with E-state index in [4.69, 9.17) is 0 Å². The first-order valence-electron chi connectivity index (χ1n) is 11.4. The monoisotopic (exact) mass is 428 g/mol. The summed E-state index contributed by atoms with van der Waals surface area (Å²) in [6.07, 6.45) is 5.76. The van der Waals surface area contributed by atoms with Crippen molar-refractivity contribution in [3.8, 4) is 22.5 Å². The zero-order valence-corrected chi connectivity index (χ0v) is 18.3. The largest absolute Gasteiger partial charge is 0.346 e. The first kappa shape index (κ1) is 18.6. The molecule has 7 rings (SSSR count). The highest BCUT2D eigenvalue weighted by molar-refractivity contribution is 6.03. The Kier molecular flexibility index (Phi) is 3.41. The van der Waals surface area contributed by atoms with Gasteiger partial charge in [0, 0.05) is 43.2 Å². The maximum absolute atomic E-state index is 13.9. The van der Waals surface area contributed by atoms with E-state index in [1.165, 1.54) is 23.4 Å². The molecule has 2 aliphatic heterocycles. The minimum Gasteiger partial charge on any atom is -0.346 e. The van der Waals surface area contributed by atoms with Crippen molar-refractivity contribution in [3.05, 3.63) is 64.7 Å². The molecular formula is C26H25FN4O. The van der Waals surface area contributed by atoms with Gasteiger partial charge in [0.2, 0.25) is 0 Å². The molecule has 1 aromatic carbocycles. The van der Waals surface area contributed by atoms with Gasteiger partial charge in [-0.15, -0.1) is 0 Å². The van der Waals surface area contributed by atoms with Gasteiger partial charge in [-0.05, 0) is 62.1 Å². The summed E-state index contributed by atoms with van der Waals surface area (Å²) in [6.45, 7) is 1.96. The second-order valence-corrected chi connectivity index (χ2v) is 10.1. The molecule has 1 amide bonds. The van der Waals surface area contributed by atoms with Gasteiger partial charge < -0.3 is 14.8 Å². The second kappa shape index (κ2) is 5.87. The lowest BCUT2D eigenvalue weighted by atomic mass is 9.65. The van der Waals surface area contributed by atoms with Crippen LogP contribution in [-0.2, 0) is 25.3 Å². The minimum atomic E-state index is -0.264. The van der Waals surface area contributed by atoms with Gasteiger partial charge in [-0.2, -0.15) is 0 Å². The zero-order chi connectivity index (χ0) is 21.8. The zero-order valence-electron chi connectivity index (χ0n) is 18.3. The van der Waals surface area contributed by atoms with Crippen LogP contribution < -0.4 is 5.32 Å². The number of aryl methyl sites for hydroxylation is 1. The molecule has 4 aliphatic rings. The molecule has 2 spiro atoms. The average Bonchev–Trinajstić information content (AvgIpc) is 3.46. The normalized spacial score (nSPS) is 21.5. The minimum absolute atomic E-state index is 0.00430. The molecule has 162 valence electrons. The number of halogens is 1. The van der Waals surface area contributed by atoms with Gasteiger partial charge in [-0.1, -0.05) is 12.1 Å². The molecule has 3 aromatic rings. The molecule has 1 N–H and O–H groups in total. The van der Waals surface area contributed by atoms with Crippen LogP contribution in [-0.4, -0.2) is 46.0 Å². The third kappa shape index (κ3) is 2.16. The number of rotatable bonds is 1. The number of benzene rings is 1. The lowest BCUT2D eigenvalue weighted by molar-refractivity contribution is 0.0318. The molecule has 2 fully saturated rings. The van der Waals surface area contributed by atoms with E-state index < -0.39 is 0 Å². The van der Waals surface area contributed by atoms with Gasteiger partial charge in [0.25, 0.3) is 5.91 Å². The Balaban J connectivity index is 1.46. The quantitative estimate of drug-likeness (QED) is 0.646. The molecule has 1 saturated carbocycles. The van der Waals surface area contributed by atoms with Crippen LogP contribution in [0.2, 0.25) is 0 Å². The first-order valence-corrected chi connectivity index (χ1v) is 11.4. The highest BCUT2D eigenvalue weighted by atomic mass is 19.1. The molecule has 0 unspecified atom stereocenters. The van der Waals surface area contributed by atoms with E-state index >= 15 is 0 Å². The van der Waals surface area contributed by atoms with E-state index in [9.17, 15) is 9.18 Å². The maximum Gasteiger partial charge on any atom is 0.253 e. The van der Waals surface area contributed by atoms with Crippen LogP contribution in [0.15, 0.2) is 36.5 Å². The molecule has 4 heterocycles. The van der Waals surface area contributed by atoms with Gasteiger partial charge in [0.05, 0.1) is 27.9 Å². The fraction of sp³-hybridized carbons (Fsp3) is 0.385. The average molecular weight is 429 g/mol. The van der Waals surface area contributed by atoms with E-state index in [1.54, 1.807) is 6.07 Å². The number of nitrogens with one attached hydrogen (secondary N) is 1. The van der Waals surface area contributed by atoms with Crippen molar-refractivity contribution in [1.82, 2.24) is 19.8 Å². The molecule has 0 bridgehead atoms. The van der Waals surface area contributed by atoms with Gasteiger partial charge in [-0.25, -0.2) is 4.39 Å². The van der Waals surface area contributed by atoms with Crippen LogP contribution >= 0.6 is 0 Å². The van der Waals surface area contributed by atoms with Crippen molar-refractivity contribution in [2.45, 2.75) is 36.6 Å². The van der Waals surface area contributed by atoms with Crippen molar-refractivity contribution >= 4 is 5.91 Å².